The van der Waals surface area contributed by atoms with E-state index in [1.165, 1.54) is 0 Å². The molecule has 0 aliphatic heterocycles. The van der Waals surface area contributed by atoms with E-state index < -0.39 is 0 Å². The van der Waals surface area contributed by atoms with Crippen molar-refractivity contribution in [3.05, 3.63) is 0 Å². The minimum atomic E-state index is 0. The molecular weight excluding hydrogens is 232 g/mol. The van der Waals surface area contributed by atoms with E-state index in [1.807, 2.05) is 13.8 Å². The van der Waals surface area contributed by atoms with Crippen LogP contribution in [0, 0.1) is 5.92 Å². The Morgan fingerprint density at radius 1 is 1.11 bits per heavy atom. The van der Waals surface area contributed by atoms with Gasteiger partial charge in [-0.1, -0.05) is 20.8 Å². The van der Waals surface area contributed by atoms with E-state index in [1.54, 1.807) is 0 Å². The van der Waals surface area contributed by atoms with E-state index in [2.05, 4.69) is 17.6 Å². The normalized spacial score (nSPS) is 10.9. The second-order valence-corrected chi connectivity index (χ2v) is 4.53. The predicted octanol–water partition coefficient (Wildman–Crippen LogP) is 1.28. The van der Waals surface area contributed by atoms with Crippen molar-refractivity contribution in [3.8, 4) is 0 Å². The third-order valence-electron chi connectivity index (χ3n) is 2.21. The first kappa shape index (κ1) is 17.4. The lowest BCUT2D eigenvalue weighted by Crippen LogP contribution is -2.28. The maximum Gasteiger partial charge on any atom is 0.220 e. The summed E-state index contributed by atoms with van der Waals surface area (Å²) in [6, 6.07) is 0. The maximum absolute atomic E-state index is 11.3. The number of amides is 1. The number of hydrogen-bond acceptors (Lipinski definition) is 4. The highest BCUT2D eigenvalue weighted by Gasteiger charge is 2.02. The summed E-state index contributed by atoms with van der Waals surface area (Å²) in [6.45, 7) is 11.0. The summed E-state index contributed by atoms with van der Waals surface area (Å²) in [5.41, 5.74) is 0. The summed E-state index contributed by atoms with van der Waals surface area (Å²) in [4.78, 5) is 11.3. The molecule has 5 heteroatoms. The lowest BCUT2D eigenvalue weighted by molar-refractivity contribution is -0.122. The molecule has 1 amide bonds. The lowest BCUT2D eigenvalue weighted by Gasteiger charge is -2.08. The minimum Gasteiger partial charge on any atom is -0.378 e. The van der Waals surface area contributed by atoms with Gasteiger partial charge in [0, 0.05) is 22.4 Å². The van der Waals surface area contributed by atoms with E-state index >= 15 is 0 Å². The van der Waals surface area contributed by atoms with Gasteiger partial charge < -0.3 is 20.1 Å². The van der Waals surface area contributed by atoms with Crippen molar-refractivity contribution < 1.29 is 17.1 Å². The highest BCUT2D eigenvalue weighted by molar-refractivity contribution is 5.75. The molecule has 18 heavy (non-hydrogen) atoms. The van der Waals surface area contributed by atoms with E-state index in [0.717, 1.165) is 13.1 Å². The standard InChI is InChI=1S/C13H28N2O3.2H2/c1-4-14-5-7-17-9-10-18-8-6-15-13(16)11-12(2)3;;/h12,14H,4-11H2,1-3H3,(H,15,16);2*1H. The third kappa shape index (κ3) is 13.4. The Morgan fingerprint density at radius 2 is 1.72 bits per heavy atom. The van der Waals surface area contributed by atoms with Gasteiger partial charge in [-0.25, -0.2) is 0 Å². The second-order valence-electron chi connectivity index (χ2n) is 4.53. The van der Waals surface area contributed by atoms with Gasteiger partial charge in [0.25, 0.3) is 0 Å². The Labute approximate surface area is 114 Å². The van der Waals surface area contributed by atoms with Crippen molar-refractivity contribution in [2.75, 3.05) is 46.1 Å². The first-order valence-electron chi connectivity index (χ1n) is 6.79. The fourth-order valence-electron chi connectivity index (χ4n) is 1.35. The van der Waals surface area contributed by atoms with Gasteiger partial charge in [-0.05, 0) is 12.5 Å². The molecule has 112 valence electrons. The van der Waals surface area contributed by atoms with Crippen LogP contribution in [0.2, 0.25) is 0 Å². The highest BCUT2D eigenvalue weighted by Crippen LogP contribution is 1.97. The molecule has 0 unspecified atom stereocenters. The van der Waals surface area contributed by atoms with Crippen molar-refractivity contribution in [2.45, 2.75) is 27.2 Å². The Morgan fingerprint density at radius 3 is 2.28 bits per heavy atom. The zero-order valence-electron chi connectivity index (χ0n) is 12.0. The summed E-state index contributed by atoms with van der Waals surface area (Å²) in [5.74, 6) is 0.492. The topological polar surface area (TPSA) is 59.6 Å². The van der Waals surface area contributed by atoms with Crippen LogP contribution in [0.3, 0.4) is 0 Å². The number of likely N-dealkylation sites (N-methyl/N-ethyl adjacent to an activating group) is 1. The van der Waals surface area contributed by atoms with Gasteiger partial charge in [0.15, 0.2) is 0 Å². The summed E-state index contributed by atoms with van der Waals surface area (Å²) >= 11 is 0. The Balaban J connectivity index is -0.00000144. The molecular formula is C13H32N2O3. The summed E-state index contributed by atoms with van der Waals surface area (Å²) < 4.78 is 10.7. The van der Waals surface area contributed by atoms with Crippen molar-refractivity contribution in [1.82, 2.24) is 10.6 Å². The van der Waals surface area contributed by atoms with Crippen LogP contribution in [-0.4, -0.2) is 52.0 Å². The molecule has 0 spiro atoms. The van der Waals surface area contributed by atoms with Crippen LogP contribution in [0.15, 0.2) is 0 Å². The number of ether oxygens (including phenoxy) is 2. The van der Waals surface area contributed by atoms with Crippen LogP contribution < -0.4 is 10.6 Å². The number of carbonyl (C=O) groups is 1. The fraction of sp³-hybridized carbons (Fsp3) is 0.923. The number of nitrogens with one attached hydrogen (secondary N) is 2. The van der Waals surface area contributed by atoms with Crippen molar-refractivity contribution in [3.63, 3.8) is 0 Å². The van der Waals surface area contributed by atoms with E-state index in [-0.39, 0.29) is 8.76 Å². The first-order chi connectivity index (χ1) is 8.66. The van der Waals surface area contributed by atoms with Gasteiger partial charge in [0.2, 0.25) is 5.91 Å². The molecule has 2 N–H and O–H groups in total. The highest BCUT2D eigenvalue weighted by atomic mass is 16.5. The van der Waals surface area contributed by atoms with Crippen LogP contribution in [0.25, 0.3) is 0 Å². The molecule has 0 radical (unpaired) electrons. The number of rotatable bonds is 12. The predicted molar refractivity (Wildman–Crippen MR) is 76.9 cm³/mol. The van der Waals surface area contributed by atoms with Crippen molar-refractivity contribution in [1.29, 1.82) is 0 Å². The van der Waals surface area contributed by atoms with E-state index in [4.69, 9.17) is 9.47 Å². The van der Waals surface area contributed by atoms with Gasteiger partial charge in [0.05, 0.1) is 26.4 Å². The van der Waals surface area contributed by atoms with Crippen LogP contribution in [0.4, 0.5) is 0 Å². The van der Waals surface area contributed by atoms with E-state index in [0.29, 0.717) is 45.3 Å². The fourth-order valence-corrected chi connectivity index (χ4v) is 1.35. The Hall–Kier alpha value is -0.650. The summed E-state index contributed by atoms with van der Waals surface area (Å²) in [5, 5.41) is 5.99. The molecule has 0 fully saturated rings. The molecule has 0 aromatic rings. The van der Waals surface area contributed by atoms with E-state index in [9.17, 15) is 4.79 Å². The molecule has 0 rings (SSSR count). The summed E-state index contributed by atoms with van der Waals surface area (Å²) in [7, 11) is 0. The monoisotopic (exact) mass is 264 g/mol. The molecule has 5 nitrogen and oxygen atoms in total. The third-order valence-corrected chi connectivity index (χ3v) is 2.21. The Bertz CT molecular complexity index is 208. The maximum atomic E-state index is 11.3. The average Bonchev–Trinajstić information content (AvgIpc) is 2.30. The molecule has 0 saturated heterocycles. The second kappa shape index (κ2) is 12.8. The lowest BCUT2D eigenvalue weighted by atomic mass is 10.1. The quantitative estimate of drug-likeness (QED) is 0.521. The molecule has 0 aromatic heterocycles. The molecule has 0 saturated carbocycles. The van der Waals surface area contributed by atoms with Gasteiger partial charge in [-0.3, -0.25) is 4.79 Å². The van der Waals surface area contributed by atoms with Gasteiger partial charge in [-0.15, -0.1) is 0 Å². The van der Waals surface area contributed by atoms with Crippen molar-refractivity contribution in [2.24, 2.45) is 5.92 Å². The zero-order chi connectivity index (χ0) is 13.6. The molecule has 0 aromatic carbocycles. The average molecular weight is 264 g/mol. The van der Waals surface area contributed by atoms with Crippen LogP contribution in [-0.2, 0) is 14.3 Å². The molecule has 0 heterocycles. The van der Waals surface area contributed by atoms with Crippen LogP contribution in [0.1, 0.15) is 30.0 Å². The van der Waals surface area contributed by atoms with Crippen LogP contribution in [0.5, 0.6) is 0 Å². The van der Waals surface area contributed by atoms with Crippen LogP contribution >= 0.6 is 0 Å². The van der Waals surface area contributed by atoms with Gasteiger partial charge in [-0.2, -0.15) is 0 Å². The Kier molecular flexibility index (Phi) is 12.3. The molecule has 0 atom stereocenters. The van der Waals surface area contributed by atoms with Gasteiger partial charge in [0.1, 0.15) is 0 Å². The van der Waals surface area contributed by atoms with Gasteiger partial charge >= 0.3 is 0 Å². The summed E-state index contributed by atoms with van der Waals surface area (Å²) in [6.07, 6.45) is 0.577. The molecule has 0 bridgehead atoms. The number of carbonyl (C=O) groups excluding carboxylic acids is 1. The zero-order valence-corrected chi connectivity index (χ0v) is 12.0. The molecule has 0 aliphatic carbocycles. The SMILES string of the molecule is CCNCCOCCOCCNC(=O)CC(C)C.[HH].[HH]. The van der Waals surface area contributed by atoms with Crippen molar-refractivity contribution >= 4 is 5.91 Å². The largest absolute Gasteiger partial charge is 0.378 e. The molecule has 0 aliphatic rings. The first-order valence-corrected chi connectivity index (χ1v) is 6.79. The number of hydrogen-bond donors (Lipinski definition) is 2. The smallest absolute Gasteiger partial charge is 0.220 e. The minimum absolute atomic E-state index is 0.